The third-order valence-corrected chi connectivity index (χ3v) is 1.81. The minimum absolute atomic E-state index is 0.509. The van der Waals surface area contributed by atoms with E-state index < -0.39 is 6.79 Å². The zero-order valence-corrected chi connectivity index (χ0v) is 7.68. The summed E-state index contributed by atoms with van der Waals surface area (Å²) in [6.07, 6.45) is 0. The molecule has 0 aliphatic heterocycles. The van der Waals surface area contributed by atoms with Gasteiger partial charge in [0.15, 0.2) is 0 Å². The zero-order chi connectivity index (χ0) is 9.14. The molecule has 0 bridgehead atoms. The Morgan fingerprint density at radius 1 is 1.17 bits per heavy atom. The largest absolute Gasteiger partial charge is 0.464 e. The molecule has 0 aromatic heterocycles. The Hall–Kier alpha value is -1.02. The first-order valence-corrected chi connectivity index (χ1v) is 3.94. The van der Waals surface area contributed by atoms with Gasteiger partial charge in [0.05, 0.1) is 0 Å². The molecule has 0 unspecified atom stereocenters. The van der Waals surface area contributed by atoms with Gasteiger partial charge < -0.3 is 4.74 Å². The third kappa shape index (κ3) is 1.77. The highest BCUT2D eigenvalue weighted by Gasteiger charge is 2.03. The van der Waals surface area contributed by atoms with E-state index in [1.807, 2.05) is 32.9 Å². The third-order valence-electron chi connectivity index (χ3n) is 1.81. The Bertz CT molecular complexity index is 256. The standard InChI is InChI=1S/C10H13O2/c1-7-4-8(2)10(12-6-11)9(3)5-7/h4-5H,6H2,1-3H3. The number of hydrogen-bond acceptors (Lipinski definition) is 1. The zero-order valence-electron chi connectivity index (χ0n) is 7.68. The summed E-state index contributed by atoms with van der Waals surface area (Å²) in [5, 5.41) is 10.3. The average Bonchev–Trinajstić information content (AvgIpc) is 1.96. The molecule has 0 aliphatic carbocycles. The first-order valence-electron chi connectivity index (χ1n) is 3.94. The number of aryl methyl sites for hydroxylation is 3. The normalized spacial score (nSPS) is 10.0. The fraction of sp³-hybridized carbons (Fsp3) is 0.400. The van der Waals surface area contributed by atoms with Crippen LogP contribution in [0.2, 0.25) is 0 Å². The van der Waals surface area contributed by atoms with Crippen molar-refractivity contribution in [3.63, 3.8) is 0 Å². The highest BCUT2D eigenvalue weighted by Crippen LogP contribution is 2.23. The Kier molecular flexibility index (Phi) is 2.71. The molecule has 2 heteroatoms. The maximum Gasteiger partial charge on any atom is 0.221 e. The predicted molar refractivity (Wildman–Crippen MR) is 46.8 cm³/mol. The first-order chi connectivity index (χ1) is 5.65. The van der Waals surface area contributed by atoms with E-state index in [0.29, 0.717) is 0 Å². The fourth-order valence-electron chi connectivity index (χ4n) is 1.45. The van der Waals surface area contributed by atoms with Crippen molar-refractivity contribution in [2.75, 3.05) is 6.79 Å². The smallest absolute Gasteiger partial charge is 0.221 e. The van der Waals surface area contributed by atoms with Crippen LogP contribution in [0.1, 0.15) is 16.7 Å². The lowest BCUT2D eigenvalue weighted by Gasteiger charge is -2.09. The van der Waals surface area contributed by atoms with Crippen LogP contribution in [0.4, 0.5) is 0 Å². The molecule has 0 saturated heterocycles. The van der Waals surface area contributed by atoms with Crippen LogP contribution < -0.4 is 4.74 Å². The van der Waals surface area contributed by atoms with Gasteiger partial charge in [-0.2, -0.15) is 5.11 Å². The second-order valence-corrected chi connectivity index (χ2v) is 2.99. The van der Waals surface area contributed by atoms with Gasteiger partial charge in [-0.1, -0.05) is 17.7 Å². The van der Waals surface area contributed by atoms with E-state index in [1.54, 1.807) is 0 Å². The summed E-state index contributed by atoms with van der Waals surface area (Å²) >= 11 is 0. The summed E-state index contributed by atoms with van der Waals surface area (Å²) in [5.41, 5.74) is 3.26. The van der Waals surface area contributed by atoms with Crippen LogP contribution in [0.25, 0.3) is 0 Å². The van der Waals surface area contributed by atoms with E-state index in [9.17, 15) is 5.11 Å². The van der Waals surface area contributed by atoms with Crippen molar-refractivity contribution >= 4 is 0 Å². The maximum absolute atomic E-state index is 10.3. The van der Waals surface area contributed by atoms with Gasteiger partial charge in [0.2, 0.25) is 6.79 Å². The molecule has 1 aromatic carbocycles. The van der Waals surface area contributed by atoms with E-state index in [1.165, 1.54) is 5.56 Å². The topological polar surface area (TPSA) is 29.1 Å². The summed E-state index contributed by atoms with van der Waals surface area (Å²) < 4.78 is 4.97. The van der Waals surface area contributed by atoms with Crippen molar-refractivity contribution in [2.24, 2.45) is 0 Å². The molecule has 65 valence electrons. The summed E-state index contributed by atoms with van der Waals surface area (Å²) in [5.74, 6) is 0.732. The van der Waals surface area contributed by atoms with Gasteiger partial charge in [-0.05, 0) is 31.9 Å². The van der Waals surface area contributed by atoms with E-state index in [2.05, 4.69) is 0 Å². The van der Waals surface area contributed by atoms with Gasteiger partial charge in [-0.25, -0.2) is 0 Å². The summed E-state index contributed by atoms with van der Waals surface area (Å²) in [6, 6.07) is 4.02. The highest BCUT2D eigenvalue weighted by molar-refractivity contribution is 5.42. The number of ether oxygens (including phenoxy) is 1. The van der Waals surface area contributed by atoms with E-state index in [0.717, 1.165) is 16.9 Å². The van der Waals surface area contributed by atoms with Crippen molar-refractivity contribution < 1.29 is 9.84 Å². The van der Waals surface area contributed by atoms with Crippen LogP contribution in [0.5, 0.6) is 5.75 Å². The highest BCUT2D eigenvalue weighted by atomic mass is 16.6. The van der Waals surface area contributed by atoms with Gasteiger partial charge in [0, 0.05) is 0 Å². The van der Waals surface area contributed by atoms with E-state index in [4.69, 9.17) is 4.74 Å². The quantitative estimate of drug-likeness (QED) is 0.618. The first kappa shape index (κ1) is 9.07. The molecule has 12 heavy (non-hydrogen) atoms. The van der Waals surface area contributed by atoms with Crippen LogP contribution in [0.3, 0.4) is 0 Å². The fourth-order valence-corrected chi connectivity index (χ4v) is 1.45. The number of hydrogen-bond donors (Lipinski definition) is 0. The molecule has 0 atom stereocenters. The molecule has 0 amide bonds. The maximum atomic E-state index is 10.3. The monoisotopic (exact) mass is 165 g/mol. The molecular formula is C10H13O2. The minimum atomic E-state index is -0.509. The van der Waals surface area contributed by atoms with Crippen molar-refractivity contribution in [1.82, 2.24) is 0 Å². The molecule has 2 nitrogen and oxygen atoms in total. The van der Waals surface area contributed by atoms with Crippen molar-refractivity contribution in [3.8, 4) is 5.75 Å². The molecule has 0 saturated carbocycles. The summed E-state index contributed by atoms with van der Waals surface area (Å²) in [6.45, 7) is 5.42. The molecule has 1 rings (SSSR count). The lowest BCUT2D eigenvalue weighted by atomic mass is 10.1. The van der Waals surface area contributed by atoms with Gasteiger partial charge >= 0.3 is 0 Å². The molecule has 0 fully saturated rings. The Morgan fingerprint density at radius 2 is 1.67 bits per heavy atom. The second kappa shape index (κ2) is 3.59. The lowest BCUT2D eigenvalue weighted by Crippen LogP contribution is -1.98. The SMILES string of the molecule is Cc1cc(C)c(OC[O])c(C)c1. The summed E-state index contributed by atoms with van der Waals surface area (Å²) in [4.78, 5) is 0. The van der Waals surface area contributed by atoms with Crippen LogP contribution in [-0.4, -0.2) is 6.79 Å². The van der Waals surface area contributed by atoms with Gasteiger partial charge in [0.25, 0.3) is 0 Å². The van der Waals surface area contributed by atoms with Crippen molar-refractivity contribution in [2.45, 2.75) is 20.8 Å². The molecule has 1 aromatic rings. The second-order valence-electron chi connectivity index (χ2n) is 2.99. The Balaban J connectivity index is 3.10. The minimum Gasteiger partial charge on any atom is -0.464 e. The molecule has 1 radical (unpaired) electrons. The van der Waals surface area contributed by atoms with Gasteiger partial charge in [0.1, 0.15) is 5.75 Å². The molecular weight excluding hydrogens is 152 g/mol. The average molecular weight is 165 g/mol. The van der Waals surface area contributed by atoms with Gasteiger partial charge in [-0.3, -0.25) is 0 Å². The lowest BCUT2D eigenvalue weighted by molar-refractivity contribution is 0.0366. The van der Waals surface area contributed by atoms with Crippen LogP contribution in [0.15, 0.2) is 12.1 Å². The van der Waals surface area contributed by atoms with Crippen molar-refractivity contribution in [1.29, 1.82) is 0 Å². The molecule has 0 N–H and O–H groups in total. The van der Waals surface area contributed by atoms with Crippen LogP contribution >= 0.6 is 0 Å². The van der Waals surface area contributed by atoms with Gasteiger partial charge in [-0.15, -0.1) is 0 Å². The van der Waals surface area contributed by atoms with Crippen LogP contribution in [0, 0.1) is 20.8 Å². The summed E-state index contributed by atoms with van der Waals surface area (Å²) in [7, 11) is 0. The molecule has 0 aliphatic rings. The molecule has 0 spiro atoms. The van der Waals surface area contributed by atoms with Crippen molar-refractivity contribution in [3.05, 3.63) is 28.8 Å². The van der Waals surface area contributed by atoms with E-state index in [-0.39, 0.29) is 0 Å². The van der Waals surface area contributed by atoms with E-state index >= 15 is 0 Å². The Labute approximate surface area is 72.8 Å². The Morgan fingerprint density at radius 3 is 2.08 bits per heavy atom. The van der Waals surface area contributed by atoms with Crippen LogP contribution in [-0.2, 0) is 5.11 Å². The predicted octanol–water partition coefficient (Wildman–Crippen LogP) is 2.38. The number of rotatable bonds is 2. The number of benzene rings is 1. The molecule has 0 heterocycles.